The van der Waals surface area contributed by atoms with Crippen molar-refractivity contribution in [1.29, 1.82) is 0 Å². The highest BCUT2D eigenvalue weighted by molar-refractivity contribution is 7.94. The molecule has 2 unspecified atom stereocenters. The van der Waals surface area contributed by atoms with Gasteiger partial charge in [0.2, 0.25) is 0 Å². The second kappa shape index (κ2) is 4.76. The van der Waals surface area contributed by atoms with Crippen molar-refractivity contribution in [2.75, 3.05) is 12.4 Å². The molecule has 86 valence electrons. The zero-order valence-electron chi connectivity index (χ0n) is 8.76. The van der Waals surface area contributed by atoms with Gasteiger partial charge in [0.15, 0.2) is 9.84 Å². The summed E-state index contributed by atoms with van der Waals surface area (Å²) < 4.78 is 26.9. The lowest BCUT2D eigenvalue weighted by Crippen LogP contribution is -2.42. The van der Waals surface area contributed by atoms with Crippen LogP contribution in [0.1, 0.15) is 13.8 Å². The van der Waals surface area contributed by atoms with Crippen LogP contribution in [0.15, 0.2) is 11.5 Å². The quantitative estimate of drug-likeness (QED) is 0.683. The molecular formula is C9H15NO4S. The Labute approximate surface area is 89.4 Å². The first-order valence-corrected chi connectivity index (χ1v) is 6.50. The summed E-state index contributed by atoms with van der Waals surface area (Å²) in [5.41, 5.74) is 0. The molecule has 0 radical (unpaired) electrons. The van der Waals surface area contributed by atoms with E-state index in [9.17, 15) is 13.2 Å². The molecule has 0 aliphatic carbocycles. The average molecular weight is 233 g/mol. The number of sulfone groups is 1. The van der Waals surface area contributed by atoms with Gasteiger partial charge in [0.1, 0.15) is 6.04 Å². The minimum absolute atomic E-state index is 0.0107. The lowest BCUT2D eigenvalue weighted by Gasteiger charge is -2.15. The molecule has 0 aromatic heterocycles. The van der Waals surface area contributed by atoms with Crippen LogP contribution in [0.3, 0.4) is 0 Å². The van der Waals surface area contributed by atoms with E-state index in [4.69, 9.17) is 4.74 Å². The third kappa shape index (κ3) is 3.64. The third-order valence-electron chi connectivity index (χ3n) is 2.03. The molecule has 0 saturated carbocycles. The largest absolute Gasteiger partial charge is 0.465 e. The topological polar surface area (TPSA) is 72.5 Å². The maximum atomic E-state index is 11.2. The maximum absolute atomic E-state index is 11.2. The summed E-state index contributed by atoms with van der Waals surface area (Å²) >= 11 is 0. The van der Waals surface area contributed by atoms with Crippen molar-refractivity contribution in [1.82, 2.24) is 5.32 Å². The predicted octanol–water partition coefficient (Wildman–Crippen LogP) is -0.162. The van der Waals surface area contributed by atoms with Gasteiger partial charge < -0.3 is 4.74 Å². The first kappa shape index (κ1) is 12.2. The van der Waals surface area contributed by atoms with Crippen molar-refractivity contribution < 1.29 is 17.9 Å². The minimum Gasteiger partial charge on any atom is -0.465 e. The van der Waals surface area contributed by atoms with E-state index in [0.717, 1.165) is 0 Å². The fourth-order valence-corrected chi connectivity index (χ4v) is 2.58. The number of esters is 1. The van der Waals surface area contributed by atoms with Crippen molar-refractivity contribution in [2.45, 2.75) is 25.9 Å². The number of hydrogen-bond acceptors (Lipinski definition) is 5. The summed E-state index contributed by atoms with van der Waals surface area (Å²) in [5, 5.41) is 4.05. The van der Waals surface area contributed by atoms with E-state index >= 15 is 0 Å². The first-order valence-electron chi connectivity index (χ1n) is 4.78. The molecule has 1 aliphatic rings. The van der Waals surface area contributed by atoms with E-state index in [1.54, 1.807) is 19.9 Å². The summed E-state index contributed by atoms with van der Waals surface area (Å²) in [7, 11) is -3.07. The fourth-order valence-electron chi connectivity index (χ4n) is 1.34. The van der Waals surface area contributed by atoms with E-state index in [0.29, 0.717) is 6.61 Å². The van der Waals surface area contributed by atoms with Crippen molar-refractivity contribution in [3.05, 3.63) is 11.5 Å². The van der Waals surface area contributed by atoms with Gasteiger partial charge in [-0.05, 0) is 13.8 Å². The Morgan fingerprint density at radius 3 is 2.80 bits per heavy atom. The average Bonchev–Trinajstić information content (AvgIpc) is 2.46. The van der Waals surface area contributed by atoms with E-state index in [2.05, 4.69) is 5.32 Å². The van der Waals surface area contributed by atoms with Gasteiger partial charge in [-0.15, -0.1) is 0 Å². The van der Waals surface area contributed by atoms with Crippen LogP contribution < -0.4 is 5.32 Å². The molecule has 1 aliphatic heterocycles. The Hall–Kier alpha value is -0.880. The van der Waals surface area contributed by atoms with E-state index in [1.807, 2.05) is 0 Å². The van der Waals surface area contributed by atoms with Gasteiger partial charge in [0, 0.05) is 11.4 Å². The first-order chi connectivity index (χ1) is 6.94. The maximum Gasteiger partial charge on any atom is 0.322 e. The molecule has 0 spiro atoms. The highest BCUT2D eigenvalue weighted by Crippen LogP contribution is 2.08. The monoisotopic (exact) mass is 233 g/mol. The van der Waals surface area contributed by atoms with Crippen LogP contribution in [0.5, 0.6) is 0 Å². The Morgan fingerprint density at radius 2 is 2.33 bits per heavy atom. The molecule has 6 heteroatoms. The van der Waals surface area contributed by atoms with E-state index < -0.39 is 15.9 Å². The smallest absolute Gasteiger partial charge is 0.322 e. The summed E-state index contributed by atoms with van der Waals surface area (Å²) in [4.78, 5) is 11.2. The summed E-state index contributed by atoms with van der Waals surface area (Å²) in [5.74, 6) is -0.355. The SMILES string of the molecule is CCOC(=O)C(C)NC1C=CS(=O)(=O)C1. The normalized spacial score (nSPS) is 25.1. The lowest BCUT2D eigenvalue weighted by atomic mass is 10.2. The Balaban J connectivity index is 2.44. The molecule has 0 fully saturated rings. The summed E-state index contributed by atoms with van der Waals surface area (Å²) in [6, 6.07) is -0.790. The molecule has 1 rings (SSSR count). The van der Waals surface area contributed by atoms with Gasteiger partial charge >= 0.3 is 5.97 Å². The number of ether oxygens (including phenoxy) is 1. The van der Waals surface area contributed by atoms with Crippen molar-refractivity contribution in [2.24, 2.45) is 0 Å². The fraction of sp³-hybridized carbons (Fsp3) is 0.667. The van der Waals surface area contributed by atoms with Crippen LogP contribution in [-0.4, -0.2) is 38.8 Å². The third-order valence-corrected chi connectivity index (χ3v) is 3.43. The van der Waals surface area contributed by atoms with E-state index in [-0.39, 0.29) is 17.8 Å². The van der Waals surface area contributed by atoms with Gasteiger partial charge in [0.05, 0.1) is 12.4 Å². The molecule has 1 N–H and O–H groups in total. The van der Waals surface area contributed by atoms with Crippen molar-refractivity contribution in [3.63, 3.8) is 0 Å². The van der Waals surface area contributed by atoms with Crippen LogP contribution in [0.2, 0.25) is 0 Å². The van der Waals surface area contributed by atoms with E-state index in [1.165, 1.54) is 5.41 Å². The second-order valence-electron chi connectivity index (χ2n) is 3.40. The second-order valence-corrected chi connectivity index (χ2v) is 5.34. The van der Waals surface area contributed by atoms with Gasteiger partial charge in [-0.1, -0.05) is 6.08 Å². The van der Waals surface area contributed by atoms with Crippen LogP contribution in [0.4, 0.5) is 0 Å². The highest BCUT2D eigenvalue weighted by atomic mass is 32.2. The van der Waals surface area contributed by atoms with Crippen LogP contribution >= 0.6 is 0 Å². The molecule has 1 heterocycles. The Bertz CT molecular complexity index is 360. The molecule has 0 bridgehead atoms. The number of nitrogens with one attached hydrogen (secondary N) is 1. The zero-order valence-corrected chi connectivity index (χ0v) is 9.58. The minimum atomic E-state index is -3.07. The Kier molecular flexibility index (Phi) is 3.87. The number of rotatable bonds is 4. The summed E-state index contributed by atoms with van der Waals surface area (Å²) in [6.45, 7) is 3.70. The number of hydrogen-bond donors (Lipinski definition) is 1. The highest BCUT2D eigenvalue weighted by Gasteiger charge is 2.25. The standard InChI is InChI=1S/C9H15NO4S/c1-3-14-9(11)7(2)10-8-4-5-15(12,13)6-8/h4-5,7-8,10H,3,6H2,1-2H3. The zero-order chi connectivity index (χ0) is 11.5. The molecule has 0 aromatic rings. The summed E-state index contributed by atoms with van der Waals surface area (Å²) in [6.07, 6.45) is 1.55. The molecule has 0 saturated heterocycles. The molecular weight excluding hydrogens is 218 g/mol. The van der Waals surface area contributed by atoms with Crippen LogP contribution in [-0.2, 0) is 19.4 Å². The Morgan fingerprint density at radius 1 is 1.67 bits per heavy atom. The number of carbonyl (C=O) groups is 1. The molecule has 15 heavy (non-hydrogen) atoms. The molecule has 2 atom stereocenters. The van der Waals surface area contributed by atoms with Crippen molar-refractivity contribution >= 4 is 15.8 Å². The predicted molar refractivity (Wildman–Crippen MR) is 55.9 cm³/mol. The lowest BCUT2D eigenvalue weighted by molar-refractivity contribution is -0.145. The van der Waals surface area contributed by atoms with Crippen LogP contribution in [0, 0.1) is 0 Å². The van der Waals surface area contributed by atoms with Gasteiger partial charge in [-0.2, -0.15) is 0 Å². The molecule has 5 nitrogen and oxygen atoms in total. The molecule has 0 amide bonds. The van der Waals surface area contributed by atoms with Crippen LogP contribution in [0.25, 0.3) is 0 Å². The van der Waals surface area contributed by atoms with Crippen molar-refractivity contribution in [3.8, 4) is 0 Å². The van der Waals surface area contributed by atoms with Gasteiger partial charge in [-0.3, -0.25) is 10.1 Å². The number of carbonyl (C=O) groups excluding carboxylic acids is 1. The molecule has 0 aromatic carbocycles. The van der Waals surface area contributed by atoms with Gasteiger partial charge in [-0.25, -0.2) is 8.42 Å². The van der Waals surface area contributed by atoms with Gasteiger partial charge in [0.25, 0.3) is 0 Å².